The Morgan fingerprint density at radius 2 is 2.07 bits per heavy atom. The molecule has 0 aromatic heterocycles. The Bertz CT molecular complexity index is 347. The lowest BCUT2D eigenvalue weighted by Gasteiger charge is -2.22. The van der Waals surface area contributed by atoms with Gasteiger partial charge in [0.1, 0.15) is 0 Å². The van der Waals surface area contributed by atoms with Gasteiger partial charge in [0.2, 0.25) is 0 Å². The molecule has 1 saturated carbocycles. The standard InChI is InChI=1S/C12H16BrNO/c1-8-6-12(8,7-14)11(15)9-2-4-10(13)5-3-9/h2-5,8,11,15H,6-7,14H2,1H3. The molecule has 0 amide bonds. The number of halogens is 1. The molecule has 3 N–H and O–H groups in total. The van der Waals surface area contributed by atoms with Gasteiger partial charge in [0, 0.05) is 16.4 Å². The Kier molecular flexibility index (Phi) is 2.88. The molecule has 15 heavy (non-hydrogen) atoms. The van der Waals surface area contributed by atoms with Crippen LogP contribution in [0, 0.1) is 11.3 Å². The van der Waals surface area contributed by atoms with E-state index in [-0.39, 0.29) is 5.41 Å². The summed E-state index contributed by atoms with van der Waals surface area (Å²) in [5.41, 5.74) is 6.65. The van der Waals surface area contributed by atoms with Crippen LogP contribution in [0.15, 0.2) is 28.7 Å². The fourth-order valence-electron chi connectivity index (χ4n) is 2.27. The van der Waals surface area contributed by atoms with E-state index in [2.05, 4.69) is 22.9 Å². The van der Waals surface area contributed by atoms with Crippen molar-refractivity contribution in [3.8, 4) is 0 Å². The maximum Gasteiger partial charge on any atom is 0.0860 e. The third kappa shape index (κ3) is 1.84. The first-order valence-electron chi connectivity index (χ1n) is 5.24. The number of nitrogens with two attached hydrogens (primary N) is 1. The van der Waals surface area contributed by atoms with Crippen molar-refractivity contribution < 1.29 is 5.11 Å². The molecule has 1 aromatic rings. The Labute approximate surface area is 98.6 Å². The van der Waals surface area contributed by atoms with Crippen LogP contribution in [0.2, 0.25) is 0 Å². The second-order valence-electron chi connectivity index (χ2n) is 4.50. The molecular weight excluding hydrogens is 254 g/mol. The zero-order valence-electron chi connectivity index (χ0n) is 8.78. The quantitative estimate of drug-likeness (QED) is 0.886. The van der Waals surface area contributed by atoms with Crippen LogP contribution in [-0.4, -0.2) is 11.7 Å². The van der Waals surface area contributed by atoms with Gasteiger partial charge in [-0.25, -0.2) is 0 Å². The maximum absolute atomic E-state index is 10.3. The van der Waals surface area contributed by atoms with Gasteiger partial charge in [0.25, 0.3) is 0 Å². The summed E-state index contributed by atoms with van der Waals surface area (Å²) in [6.07, 6.45) is 0.603. The molecule has 2 nitrogen and oxygen atoms in total. The molecule has 1 aliphatic carbocycles. The van der Waals surface area contributed by atoms with Crippen LogP contribution in [0.25, 0.3) is 0 Å². The minimum Gasteiger partial charge on any atom is -0.388 e. The van der Waals surface area contributed by atoms with Gasteiger partial charge >= 0.3 is 0 Å². The van der Waals surface area contributed by atoms with Crippen molar-refractivity contribution in [2.45, 2.75) is 19.4 Å². The molecule has 2 rings (SSSR count). The van der Waals surface area contributed by atoms with Crippen LogP contribution in [0.5, 0.6) is 0 Å². The van der Waals surface area contributed by atoms with Gasteiger partial charge in [0.05, 0.1) is 6.10 Å². The summed E-state index contributed by atoms with van der Waals surface area (Å²) in [7, 11) is 0. The Morgan fingerprint density at radius 1 is 1.53 bits per heavy atom. The number of hydrogen-bond donors (Lipinski definition) is 2. The molecule has 0 spiro atoms. The number of aliphatic hydroxyl groups is 1. The number of benzene rings is 1. The summed E-state index contributed by atoms with van der Waals surface area (Å²) in [6.45, 7) is 2.71. The van der Waals surface area contributed by atoms with Crippen molar-refractivity contribution in [1.82, 2.24) is 0 Å². The van der Waals surface area contributed by atoms with Crippen LogP contribution in [0.4, 0.5) is 0 Å². The van der Waals surface area contributed by atoms with Crippen molar-refractivity contribution >= 4 is 15.9 Å². The van der Waals surface area contributed by atoms with Crippen molar-refractivity contribution in [2.24, 2.45) is 17.1 Å². The second kappa shape index (κ2) is 3.89. The highest BCUT2D eigenvalue weighted by molar-refractivity contribution is 9.10. The van der Waals surface area contributed by atoms with E-state index in [0.29, 0.717) is 12.5 Å². The number of rotatable bonds is 3. The third-order valence-corrected chi connectivity index (χ3v) is 4.15. The summed E-state index contributed by atoms with van der Waals surface area (Å²) in [5, 5.41) is 10.3. The maximum atomic E-state index is 10.3. The molecule has 0 heterocycles. The molecule has 0 aliphatic heterocycles. The van der Waals surface area contributed by atoms with E-state index in [4.69, 9.17) is 5.73 Å². The minimum absolute atomic E-state index is 0.0756. The summed E-state index contributed by atoms with van der Waals surface area (Å²) in [5.74, 6) is 0.529. The van der Waals surface area contributed by atoms with Crippen LogP contribution in [0.3, 0.4) is 0 Å². The number of hydrogen-bond acceptors (Lipinski definition) is 2. The molecule has 1 aromatic carbocycles. The lowest BCUT2D eigenvalue weighted by atomic mass is 9.91. The van der Waals surface area contributed by atoms with Crippen LogP contribution < -0.4 is 5.73 Å². The van der Waals surface area contributed by atoms with Crippen molar-refractivity contribution in [3.63, 3.8) is 0 Å². The second-order valence-corrected chi connectivity index (χ2v) is 5.41. The third-order valence-electron chi connectivity index (χ3n) is 3.62. The average molecular weight is 270 g/mol. The highest BCUT2D eigenvalue weighted by Crippen LogP contribution is 2.59. The normalized spacial score (nSPS) is 31.3. The molecule has 1 aliphatic rings. The molecule has 82 valence electrons. The largest absolute Gasteiger partial charge is 0.388 e. The lowest BCUT2D eigenvalue weighted by molar-refractivity contribution is 0.0889. The first-order valence-corrected chi connectivity index (χ1v) is 6.03. The molecule has 1 fully saturated rings. The summed E-state index contributed by atoms with van der Waals surface area (Å²) in [6, 6.07) is 7.82. The molecule has 3 atom stereocenters. The van der Waals surface area contributed by atoms with E-state index < -0.39 is 6.10 Å². The predicted octanol–water partition coefficient (Wildman–Crippen LogP) is 2.47. The van der Waals surface area contributed by atoms with Crippen LogP contribution >= 0.6 is 15.9 Å². The topological polar surface area (TPSA) is 46.2 Å². The van der Waals surface area contributed by atoms with E-state index in [9.17, 15) is 5.11 Å². The molecule has 0 radical (unpaired) electrons. The highest BCUT2D eigenvalue weighted by atomic mass is 79.9. The van der Waals surface area contributed by atoms with E-state index in [1.54, 1.807) is 0 Å². The SMILES string of the molecule is CC1CC1(CN)C(O)c1ccc(Br)cc1. The molecule has 3 unspecified atom stereocenters. The average Bonchev–Trinajstić information content (AvgIpc) is 2.91. The van der Waals surface area contributed by atoms with E-state index in [1.807, 2.05) is 24.3 Å². The van der Waals surface area contributed by atoms with E-state index in [1.165, 1.54) is 0 Å². The summed E-state index contributed by atoms with van der Waals surface area (Å²) < 4.78 is 1.03. The summed E-state index contributed by atoms with van der Waals surface area (Å²) in [4.78, 5) is 0. The Hall–Kier alpha value is -0.380. The minimum atomic E-state index is -0.425. The van der Waals surface area contributed by atoms with Gasteiger partial charge in [-0.1, -0.05) is 35.0 Å². The summed E-state index contributed by atoms with van der Waals surface area (Å²) >= 11 is 3.38. The van der Waals surface area contributed by atoms with Crippen LogP contribution in [0.1, 0.15) is 25.0 Å². The van der Waals surface area contributed by atoms with Gasteiger partial charge in [-0.15, -0.1) is 0 Å². The lowest BCUT2D eigenvalue weighted by Crippen LogP contribution is -2.25. The Balaban J connectivity index is 2.21. The fraction of sp³-hybridized carbons (Fsp3) is 0.500. The fourth-order valence-corrected chi connectivity index (χ4v) is 2.53. The van der Waals surface area contributed by atoms with Gasteiger partial charge in [-0.2, -0.15) is 0 Å². The van der Waals surface area contributed by atoms with Crippen molar-refractivity contribution in [1.29, 1.82) is 0 Å². The van der Waals surface area contributed by atoms with Crippen molar-refractivity contribution in [3.05, 3.63) is 34.3 Å². The van der Waals surface area contributed by atoms with Crippen LogP contribution in [-0.2, 0) is 0 Å². The smallest absolute Gasteiger partial charge is 0.0860 e. The van der Waals surface area contributed by atoms with Crippen molar-refractivity contribution in [2.75, 3.05) is 6.54 Å². The monoisotopic (exact) mass is 269 g/mol. The zero-order valence-corrected chi connectivity index (χ0v) is 10.4. The first-order chi connectivity index (χ1) is 7.10. The molecular formula is C12H16BrNO. The first kappa shape index (κ1) is 11.1. The van der Waals surface area contributed by atoms with Gasteiger partial charge in [0.15, 0.2) is 0 Å². The zero-order chi connectivity index (χ0) is 11.1. The molecule has 3 heteroatoms. The van der Waals surface area contributed by atoms with E-state index >= 15 is 0 Å². The predicted molar refractivity (Wildman–Crippen MR) is 64.4 cm³/mol. The Morgan fingerprint density at radius 3 is 2.47 bits per heavy atom. The molecule has 0 bridgehead atoms. The highest BCUT2D eigenvalue weighted by Gasteiger charge is 2.55. The van der Waals surface area contributed by atoms with Gasteiger partial charge in [-0.05, 0) is 30.0 Å². The number of aliphatic hydroxyl groups excluding tert-OH is 1. The van der Waals surface area contributed by atoms with Gasteiger partial charge < -0.3 is 10.8 Å². The van der Waals surface area contributed by atoms with Gasteiger partial charge in [-0.3, -0.25) is 0 Å². The molecule has 0 saturated heterocycles. The van der Waals surface area contributed by atoms with E-state index in [0.717, 1.165) is 16.5 Å².